The Morgan fingerprint density at radius 1 is 1.23 bits per heavy atom. The van der Waals surface area contributed by atoms with Gasteiger partial charge in [0.1, 0.15) is 10.7 Å². The number of aromatic nitrogens is 6. The van der Waals surface area contributed by atoms with Gasteiger partial charge in [-0.25, -0.2) is 4.98 Å². The Kier molecular flexibility index (Phi) is 4.80. The Morgan fingerprint density at radius 2 is 2.17 bits per heavy atom. The van der Waals surface area contributed by atoms with Gasteiger partial charge in [0.05, 0.1) is 17.9 Å². The van der Waals surface area contributed by atoms with Crippen molar-refractivity contribution in [3.63, 3.8) is 0 Å². The van der Waals surface area contributed by atoms with Crippen molar-refractivity contribution in [3.05, 3.63) is 59.2 Å². The zero-order valence-electron chi connectivity index (χ0n) is 16.2. The van der Waals surface area contributed by atoms with E-state index < -0.39 is 0 Å². The maximum atomic E-state index is 6.30. The Balaban J connectivity index is 1.41. The van der Waals surface area contributed by atoms with Crippen molar-refractivity contribution in [1.29, 1.82) is 0 Å². The lowest BCUT2D eigenvalue weighted by Crippen LogP contribution is -2.24. The van der Waals surface area contributed by atoms with Gasteiger partial charge in [-0.2, -0.15) is 10.1 Å². The molecule has 1 saturated heterocycles. The zero-order valence-corrected chi connectivity index (χ0v) is 17.0. The Labute approximate surface area is 177 Å². The summed E-state index contributed by atoms with van der Waals surface area (Å²) in [6.45, 7) is 2.74. The summed E-state index contributed by atoms with van der Waals surface area (Å²) in [5.74, 6) is 2.49. The van der Waals surface area contributed by atoms with Crippen molar-refractivity contribution in [3.8, 4) is 11.4 Å². The number of aryl methyl sites for hydroxylation is 1. The predicted octanol–water partition coefficient (Wildman–Crippen LogP) is 4.30. The van der Waals surface area contributed by atoms with Crippen molar-refractivity contribution in [2.24, 2.45) is 0 Å². The van der Waals surface area contributed by atoms with Crippen LogP contribution in [-0.2, 0) is 0 Å². The van der Waals surface area contributed by atoms with Crippen LogP contribution in [0, 0.1) is 6.92 Å². The molecule has 0 radical (unpaired) electrons. The maximum Gasteiger partial charge on any atom is 0.228 e. The number of pyridine rings is 1. The predicted molar refractivity (Wildman–Crippen MR) is 113 cm³/mol. The van der Waals surface area contributed by atoms with E-state index in [1.165, 1.54) is 0 Å². The number of H-pyrrole nitrogens is 1. The third-order valence-electron chi connectivity index (χ3n) is 4.98. The normalized spacial score (nSPS) is 16.2. The molecule has 4 aromatic heterocycles. The Morgan fingerprint density at radius 3 is 2.97 bits per heavy atom. The van der Waals surface area contributed by atoms with Crippen molar-refractivity contribution in [2.75, 3.05) is 16.8 Å². The molecule has 0 bridgehead atoms. The molecule has 2 N–H and O–H groups in total. The molecule has 5 rings (SSSR count). The molecular formula is C20H19ClN8O. The number of hydrogen-bond acceptors (Lipinski definition) is 8. The van der Waals surface area contributed by atoms with Gasteiger partial charge in [-0.3, -0.25) is 10.1 Å². The molecule has 0 aromatic carbocycles. The molecule has 0 aliphatic carbocycles. The molecule has 1 atom stereocenters. The lowest BCUT2D eigenvalue weighted by molar-refractivity contribution is 0.362. The highest BCUT2D eigenvalue weighted by Crippen LogP contribution is 2.37. The molecule has 9 nitrogen and oxygen atoms in total. The highest BCUT2D eigenvalue weighted by molar-refractivity contribution is 6.32. The van der Waals surface area contributed by atoms with Crippen LogP contribution >= 0.6 is 11.6 Å². The first-order valence-electron chi connectivity index (χ1n) is 9.63. The minimum atomic E-state index is -0.00313. The van der Waals surface area contributed by atoms with Gasteiger partial charge in [-0.15, -0.1) is 0 Å². The topological polar surface area (TPSA) is 109 Å². The van der Waals surface area contributed by atoms with Gasteiger partial charge in [0.25, 0.3) is 0 Å². The fourth-order valence-electron chi connectivity index (χ4n) is 3.57. The highest BCUT2D eigenvalue weighted by Gasteiger charge is 2.32. The number of anilines is 3. The summed E-state index contributed by atoms with van der Waals surface area (Å²) in [6, 6.07) is 9.52. The second-order valence-electron chi connectivity index (χ2n) is 7.11. The van der Waals surface area contributed by atoms with E-state index in [0.717, 1.165) is 36.5 Å². The van der Waals surface area contributed by atoms with Crippen LogP contribution in [0.1, 0.15) is 30.3 Å². The van der Waals surface area contributed by atoms with Gasteiger partial charge in [0, 0.05) is 30.6 Å². The van der Waals surface area contributed by atoms with Crippen LogP contribution in [0.25, 0.3) is 11.4 Å². The first-order valence-corrected chi connectivity index (χ1v) is 10.0. The first kappa shape index (κ1) is 18.6. The van der Waals surface area contributed by atoms with E-state index in [1.807, 2.05) is 37.3 Å². The van der Waals surface area contributed by atoms with Gasteiger partial charge in [-0.1, -0.05) is 22.8 Å². The molecule has 1 aliphatic rings. The van der Waals surface area contributed by atoms with E-state index >= 15 is 0 Å². The van der Waals surface area contributed by atoms with Gasteiger partial charge >= 0.3 is 0 Å². The number of aromatic amines is 1. The smallest absolute Gasteiger partial charge is 0.228 e. The number of nitrogens with one attached hydrogen (secondary N) is 2. The second kappa shape index (κ2) is 7.75. The second-order valence-corrected chi connectivity index (χ2v) is 7.52. The van der Waals surface area contributed by atoms with Crippen LogP contribution in [0.15, 0.2) is 47.2 Å². The van der Waals surface area contributed by atoms with Crippen LogP contribution in [0.5, 0.6) is 0 Å². The summed E-state index contributed by atoms with van der Waals surface area (Å²) in [5.41, 5.74) is 2.43. The molecule has 5 heterocycles. The first-order chi connectivity index (χ1) is 14.7. The Bertz CT molecular complexity index is 1160. The quantitative estimate of drug-likeness (QED) is 0.490. The number of rotatable bonds is 5. The van der Waals surface area contributed by atoms with E-state index in [0.29, 0.717) is 28.3 Å². The Hall–Kier alpha value is -3.46. The van der Waals surface area contributed by atoms with Crippen molar-refractivity contribution < 1.29 is 4.52 Å². The molecule has 4 aromatic rings. The largest absolute Gasteiger partial charge is 0.358 e. The molecule has 152 valence electrons. The third-order valence-corrected chi connectivity index (χ3v) is 5.25. The molecule has 1 fully saturated rings. The van der Waals surface area contributed by atoms with E-state index in [1.54, 1.807) is 12.4 Å². The molecule has 1 aliphatic heterocycles. The summed E-state index contributed by atoms with van der Waals surface area (Å²) >= 11 is 6.30. The number of hydrogen-bond donors (Lipinski definition) is 2. The van der Waals surface area contributed by atoms with Crippen LogP contribution in [0.4, 0.5) is 17.6 Å². The summed E-state index contributed by atoms with van der Waals surface area (Å²) in [6.07, 6.45) is 5.26. The SMILES string of the molecule is Cc1cc(Nc2nc(N3CCCC3c3cc(-c4ccccn4)no3)ncc2Cl)n[nH]1. The number of nitrogens with zero attached hydrogens (tertiary/aromatic N) is 6. The fraction of sp³-hybridized carbons (Fsp3) is 0.250. The summed E-state index contributed by atoms with van der Waals surface area (Å²) in [7, 11) is 0. The van der Waals surface area contributed by atoms with Gasteiger partial charge < -0.3 is 14.7 Å². The fourth-order valence-corrected chi connectivity index (χ4v) is 3.71. The van der Waals surface area contributed by atoms with Crippen LogP contribution < -0.4 is 10.2 Å². The van der Waals surface area contributed by atoms with Crippen LogP contribution in [0.2, 0.25) is 5.02 Å². The molecule has 0 amide bonds. The lowest BCUT2D eigenvalue weighted by atomic mass is 10.1. The zero-order chi connectivity index (χ0) is 20.5. The van der Waals surface area contributed by atoms with Gasteiger partial charge in [-0.05, 0) is 31.9 Å². The highest BCUT2D eigenvalue weighted by atomic mass is 35.5. The lowest BCUT2D eigenvalue weighted by Gasteiger charge is -2.23. The third kappa shape index (κ3) is 3.59. The molecule has 0 saturated carbocycles. The molecule has 10 heteroatoms. The van der Waals surface area contributed by atoms with Gasteiger partial charge in [0.2, 0.25) is 5.95 Å². The maximum absolute atomic E-state index is 6.30. The number of halogens is 1. The van der Waals surface area contributed by atoms with Crippen LogP contribution in [0.3, 0.4) is 0 Å². The van der Waals surface area contributed by atoms with Crippen molar-refractivity contribution >= 4 is 29.2 Å². The van der Waals surface area contributed by atoms with Crippen LogP contribution in [-0.4, -0.2) is 36.9 Å². The van der Waals surface area contributed by atoms with Gasteiger partial charge in [0.15, 0.2) is 17.4 Å². The van der Waals surface area contributed by atoms with E-state index in [2.05, 4.69) is 40.5 Å². The van der Waals surface area contributed by atoms with E-state index in [9.17, 15) is 0 Å². The minimum absolute atomic E-state index is 0.00313. The molecular weight excluding hydrogens is 404 g/mol. The average Bonchev–Trinajstić information content (AvgIpc) is 3.51. The van der Waals surface area contributed by atoms with E-state index in [4.69, 9.17) is 16.1 Å². The molecule has 0 spiro atoms. The monoisotopic (exact) mass is 422 g/mol. The summed E-state index contributed by atoms with van der Waals surface area (Å²) in [4.78, 5) is 15.5. The molecule has 30 heavy (non-hydrogen) atoms. The van der Waals surface area contributed by atoms with E-state index in [-0.39, 0.29) is 6.04 Å². The summed E-state index contributed by atoms with van der Waals surface area (Å²) < 4.78 is 5.66. The summed E-state index contributed by atoms with van der Waals surface area (Å²) in [5, 5.41) is 14.8. The standard InChI is InChI=1S/C20H19ClN8O/c1-12-9-18(27-26-12)24-19-13(21)11-23-20(25-19)29-8-4-6-16(29)17-10-15(28-30-17)14-5-2-3-7-22-14/h2-3,5,7,9-11,16H,4,6,8H2,1H3,(H2,23,24,25,26,27). The van der Waals surface area contributed by atoms with Crippen molar-refractivity contribution in [1.82, 2.24) is 30.3 Å². The minimum Gasteiger partial charge on any atom is -0.358 e. The molecule has 1 unspecified atom stereocenters. The average molecular weight is 423 g/mol. The van der Waals surface area contributed by atoms with Crippen molar-refractivity contribution in [2.45, 2.75) is 25.8 Å².